The molecule has 0 unspecified atom stereocenters. The topological polar surface area (TPSA) is 25.8 Å². The minimum atomic E-state index is 0.547. The molecule has 0 aromatic carbocycles. The molecule has 1 rings (SSSR count). The van der Waals surface area contributed by atoms with Gasteiger partial charge in [-0.3, -0.25) is 0 Å². The molecule has 0 aliphatic carbocycles. The Bertz CT molecular complexity index is 199. The number of aromatic nitrogens is 2. The smallest absolute Gasteiger partial charge is 0.203 e. The van der Waals surface area contributed by atoms with Crippen LogP contribution in [0.15, 0.2) is 0 Å². The Morgan fingerprint density at radius 1 is 1.60 bits per heavy atom. The Morgan fingerprint density at radius 3 is 2.90 bits per heavy atom. The first-order chi connectivity index (χ1) is 4.83. The third-order valence-corrected chi connectivity index (χ3v) is 2.03. The highest BCUT2D eigenvalue weighted by Crippen LogP contribution is 2.11. The molecule has 56 valence electrons. The molecule has 0 aliphatic heterocycles. The van der Waals surface area contributed by atoms with Crippen LogP contribution in [-0.2, 0) is 6.42 Å². The van der Waals surface area contributed by atoms with E-state index in [1.54, 1.807) is 0 Å². The van der Waals surface area contributed by atoms with E-state index in [9.17, 15) is 0 Å². The Labute approximate surface area is 69.4 Å². The van der Waals surface area contributed by atoms with Gasteiger partial charge in [-0.25, -0.2) is 4.98 Å². The van der Waals surface area contributed by atoms with Crippen molar-refractivity contribution in [2.45, 2.75) is 26.2 Å². The first kappa shape index (κ1) is 7.95. The van der Waals surface area contributed by atoms with Crippen LogP contribution in [0.25, 0.3) is 0 Å². The SMILES string of the molecule is CCCCc1nsc(Cl)n1. The summed E-state index contributed by atoms with van der Waals surface area (Å²) < 4.78 is 4.60. The van der Waals surface area contributed by atoms with E-state index < -0.39 is 0 Å². The molecule has 0 N–H and O–H groups in total. The van der Waals surface area contributed by atoms with Crippen molar-refractivity contribution in [2.75, 3.05) is 0 Å². The van der Waals surface area contributed by atoms with Crippen LogP contribution in [0.2, 0.25) is 4.47 Å². The van der Waals surface area contributed by atoms with Crippen LogP contribution in [0.1, 0.15) is 25.6 Å². The Morgan fingerprint density at radius 2 is 2.40 bits per heavy atom. The fourth-order valence-electron chi connectivity index (χ4n) is 0.669. The fraction of sp³-hybridized carbons (Fsp3) is 0.667. The fourth-order valence-corrected chi connectivity index (χ4v) is 1.33. The number of hydrogen-bond donors (Lipinski definition) is 0. The van der Waals surface area contributed by atoms with Gasteiger partial charge in [0, 0.05) is 6.42 Å². The summed E-state index contributed by atoms with van der Waals surface area (Å²) in [5, 5.41) is 0. The van der Waals surface area contributed by atoms with Crippen molar-refractivity contribution < 1.29 is 0 Å². The lowest BCUT2D eigenvalue weighted by atomic mass is 10.2. The molecule has 1 heterocycles. The zero-order valence-electron chi connectivity index (χ0n) is 5.80. The Balaban J connectivity index is 2.42. The molecule has 1 aromatic heterocycles. The molecule has 0 spiro atoms. The predicted octanol–water partition coefficient (Wildman–Crippen LogP) is 2.53. The third kappa shape index (κ3) is 2.23. The van der Waals surface area contributed by atoms with E-state index in [-0.39, 0.29) is 0 Å². The summed E-state index contributed by atoms with van der Waals surface area (Å²) in [6, 6.07) is 0. The van der Waals surface area contributed by atoms with Gasteiger partial charge in [-0.1, -0.05) is 13.3 Å². The van der Waals surface area contributed by atoms with Crippen LogP contribution < -0.4 is 0 Å². The van der Waals surface area contributed by atoms with E-state index >= 15 is 0 Å². The van der Waals surface area contributed by atoms with E-state index in [4.69, 9.17) is 11.6 Å². The predicted molar refractivity (Wildman–Crippen MR) is 43.5 cm³/mol. The highest BCUT2D eigenvalue weighted by Gasteiger charge is 1.98. The molecule has 0 radical (unpaired) electrons. The second-order valence-electron chi connectivity index (χ2n) is 2.07. The molecular formula is C6H9ClN2S. The average Bonchev–Trinajstić information content (AvgIpc) is 2.31. The minimum Gasteiger partial charge on any atom is -0.208 e. The van der Waals surface area contributed by atoms with E-state index in [2.05, 4.69) is 16.3 Å². The quantitative estimate of drug-likeness (QED) is 0.708. The van der Waals surface area contributed by atoms with Gasteiger partial charge in [-0.15, -0.1) is 0 Å². The van der Waals surface area contributed by atoms with Gasteiger partial charge in [0.05, 0.1) is 0 Å². The van der Waals surface area contributed by atoms with Crippen molar-refractivity contribution in [2.24, 2.45) is 0 Å². The summed E-state index contributed by atoms with van der Waals surface area (Å²) in [4.78, 5) is 4.02. The number of halogens is 1. The van der Waals surface area contributed by atoms with Gasteiger partial charge >= 0.3 is 0 Å². The number of nitrogens with zero attached hydrogens (tertiary/aromatic N) is 2. The Kier molecular flexibility index (Phi) is 3.09. The number of aryl methyl sites for hydroxylation is 1. The van der Waals surface area contributed by atoms with E-state index in [0.717, 1.165) is 18.7 Å². The zero-order valence-corrected chi connectivity index (χ0v) is 7.37. The summed E-state index contributed by atoms with van der Waals surface area (Å²) in [6.07, 6.45) is 3.28. The van der Waals surface area contributed by atoms with Gasteiger partial charge in [0.2, 0.25) is 4.47 Å². The summed E-state index contributed by atoms with van der Waals surface area (Å²) >= 11 is 6.84. The van der Waals surface area contributed by atoms with Crippen LogP contribution >= 0.6 is 23.1 Å². The summed E-state index contributed by atoms with van der Waals surface area (Å²) in [6.45, 7) is 2.15. The van der Waals surface area contributed by atoms with E-state index in [0.29, 0.717) is 4.47 Å². The molecule has 0 bridgehead atoms. The summed E-state index contributed by atoms with van der Waals surface area (Å²) in [5.41, 5.74) is 0. The number of unbranched alkanes of at least 4 members (excludes halogenated alkanes) is 1. The van der Waals surface area contributed by atoms with Crippen molar-refractivity contribution in [3.8, 4) is 0 Å². The second kappa shape index (κ2) is 3.88. The van der Waals surface area contributed by atoms with Crippen molar-refractivity contribution in [3.05, 3.63) is 10.3 Å². The maximum Gasteiger partial charge on any atom is 0.203 e. The van der Waals surface area contributed by atoms with Gasteiger partial charge < -0.3 is 0 Å². The van der Waals surface area contributed by atoms with Crippen LogP contribution in [0, 0.1) is 0 Å². The molecule has 0 atom stereocenters. The van der Waals surface area contributed by atoms with Crippen molar-refractivity contribution in [1.29, 1.82) is 0 Å². The molecule has 4 heteroatoms. The summed E-state index contributed by atoms with van der Waals surface area (Å²) in [5.74, 6) is 0.886. The first-order valence-electron chi connectivity index (χ1n) is 3.31. The lowest BCUT2D eigenvalue weighted by Crippen LogP contribution is -1.85. The zero-order chi connectivity index (χ0) is 7.40. The lowest BCUT2D eigenvalue weighted by molar-refractivity contribution is 0.765. The van der Waals surface area contributed by atoms with Gasteiger partial charge in [-0.2, -0.15) is 4.37 Å². The van der Waals surface area contributed by atoms with Crippen molar-refractivity contribution in [1.82, 2.24) is 9.36 Å². The van der Waals surface area contributed by atoms with Crippen molar-refractivity contribution in [3.63, 3.8) is 0 Å². The molecule has 0 saturated carbocycles. The van der Waals surface area contributed by atoms with Crippen molar-refractivity contribution >= 4 is 23.1 Å². The van der Waals surface area contributed by atoms with Gasteiger partial charge in [0.15, 0.2) is 0 Å². The first-order valence-corrected chi connectivity index (χ1v) is 4.46. The van der Waals surface area contributed by atoms with E-state index in [1.807, 2.05) is 0 Å². The molecular weight excluding hydrogens is 168 g/mol. The monoisotopic (exact) mass is 176 g/mol. The lowest BCUT2D eigenvalue weighted by Gasteiger charge is -1.88. The molecule has 2 nitrogen and oxygen atoms in total. The highest BCUT2D eigenvalue weighted by atomic mass is 35.5. The molecule has 0 saturated heterocycles. The molecule has 10 heavy (non-hydrogen) atoms. The molecule has 0 amide bonds. The molecule has 0 fully saturated rings. The second-order valence-corrected chi connectivity index (χ2v) is 3.40. The van der Waals surface area contributed by atoms with Gasteiger partial charge in [-0.05, 0) is 29.6 Å². The molecule has 0 aliphatic rings. The van der Waals surface area contributed by atoms with Crippen LogP contribution in [-0.4, -0.2) is 9.36 Å². The maximum atomic E-state index is 5.58. The highest BCUT2D eigenvalue weighted by molar-refractivity contribution is 7.10. The van der Waals surface area contributed by atoms with Crippen LogP contribution in [0.4, 0.5) is 0 Å². The summed E-state index contributed by atoms with van der Waals surface area (Å²) in [7, 11) is 0. The number of hydrogen-bond acceptors (Lipinski definition) is 3. The van der Waals surface area contributed by atoms with Crippen LogP contribution in [0.5, 0.6) is 0 Å². The average molecular weight is 177 g/mol. The van der Waals surface area contributed by atoms with Crippen LogP contribution in [0.3, 0.4) is 0 Å². The standard InChI is InChI=1S/C6H9ClN2S/c1-2-3-4-5-8-6(7)10-9-5/h2-4H2,1H3. The number of rotatable bonds is 3. The third-order valence-electron chi connectivity index (χ3n) is 1.20. The maximum absolute atomic E-state index is 5.58. The minimum absolute atomic E-state index is 0.547. The largest absolute Gasteiger partial charge is 0.208 e. The van der Waals surface area contributed by atoms with Gasteiger partial charge in [0.1, 0.15) is 5.82 Å². The van der Waals surface area contributed by atoms with Gasteiger partial charge in [0.25, 0.3) is 0 Å². The Hall–Kier alpha value is -0.150. The van der Waals surface area contributed by atoms with E-state index in [1.165, 1.54) is 18.0 Å². The molecule has 1 aromatic rings. The normalized spacial score (nSPS) is 10.2.